The zero-order chi connectivity index (χ0) is 15.2. The van der Waals surface area contributed by atoms with E-state index in [1.54, 1.807) is 30.3 Å². The first-order chi connectivity index (χ1) is 10.7. The van der Waals surface area contributed by atoms with Crippen LogP contribution in [-0.2, 0) is 10.3 Å². The molecule has 0 aromatic heterocycles. The van der Waals surface area contributed by atoms with E-state index in [2.05, 4.69) is 10.6 Å². The maximum atomic E-state index is 12.5. The summed E-state index contributed by atoms with van der Waals surface area (Å²) in [5.74, 6) is 0.765. The van der Waals surface area contributed by atoms with Gasteiger partial charge in [-0.05, 0) is 23.3 Å². The molecule has 22 heavy (non-hydrogen) atoms. The standard InChI is InChI=1S/C16H12N2O4/c19-14-16(18-15(20)17-14,10-4-2-1-3-5-10)11-6-7-12-13(8-11)22-9-21-12/h1-8H,9H2,(H2,17,18,19,20). The van der Waals surface area contributed by atoms with Crippen LogP contribution in [0.15, 0.2) is 48.5 Å². The van der Waals surface area contributed by atoms with E-state index in [1.165, 1.54) is 0 Å². The Balaban J connectivity index is 1.92. The Morgan fingerprint density at radius 1 is 0.909 bits per heavy atom. The van der Waals surface area contributed by atoms with Gasteiger partial charge in [-0.2, -0.15) is 0 Å². The van der Waals surface area contributed by atoms with Gasteiger partial charge in [-0.15, -0.1) is 0 Å². The van der Waals surface area contributed by atoms with Gasteiger partial charge in [0.25, 0.3) is 5.91 Å². The van der Waals surface area contributed by atoms with Crippen molar-refractivity contribution in [1.29, 1.82) is 0 Å². The fourth-order valence-corrected chi connectivity index (χ4v) is 2.85. The summed E-state index contributed by atoms with van der Waals surface area (Å²) in [6.45, 7) is 0.148. The highest BCUT2D eigenvalue weighted by atomic mass is 16.7. The number of ether oxygens (including phenoxy) is 2. The van der Waals surface area contributed by atoms with Gasteiger partial charge in [0.05, 0.1) is 0 Å². The molecule has 0 saturated carbocycles. The largest absolute Gasteiger partial charge is 0.454 e. The van der Waals surface area contributed by atoms with Crippen molar-refractivity contribution in [1.82, 2.24) is 10.6 Å². The van der Waals surface area contributed by atoms with Crippen molar-refractivity contribution in [2.45, 2.75) is 5.54 Å². The van der Waals surface area contributed by atoms with Crippen LogP contribution in [0.4, 0.5) is 4.79 Å². The van der Waals surface area contributed by atoms with Gasteiger partial charge in [0.2, 0.25) is 6.79 Å². The average Bonchev–Trinajstić information content (AvgIpc) is 3.11. The molecule has 2 aromatic carbocycles. The number of imide groups is 1. The van der Waals surface area contributed by atoms with Gasteiger partial charge in [-0.1, -0.05) is 36.4 Å². The third-order valence-electron chi connectivity index (χ3n) is 3.88. The van der Waals surface area contributed by atoms with Crippen LogP contribution in [0.1, 0.15) is 11.1 Å². The van der Waals surface area contributed by atoms with Crippen LogP contribution in [0.3, 0.4) is 0 Å². The highest BCUT2D eigenvalue weighted by Gasteiger charge is 2.49. The van der Waals surface area contributed by atoms with Crippen molar-refractivity contribution >= 4 is 11.9 Å². The molecule has 6 nitrogen and oxygen atoms in total. The highest BCUT2D eigenvalue weighted by Crippen LogP contribution is 2.39. The minimum absolute atomic E-state index is 0.148. The molecule has 3 amide bonds. The smallest absolute Gasteiger partial charge is 0.322 e. The van der Waals surface area contributed by atoms with Crippen LogP contribution < -0.4 is 20.1 Å². The van der Waals surface area contributed by atoms with E-state index in [0.29, 0.717) is 22.6 Å². The normalized spacial score (nSPS) is 22.4. The second-order valence-corrected chi connectivity index (χ2v) is 5.09. The lowest BCUT2D eigenvalue weighted by Gasteiger charge is -2.27. The maximum Gasteiger partial charge on any atom is 0.322 e. The summed E-state index contributed by atoms with van der Waals surface area (Å²) >= 11 is 0. The van der Waals surface area contributed by atoms with E-state index >= 15 is 0 Å². The van der Waals surface area contributed by atoms with E-state index in [4.69, 9.17) is 9.47 Å². The van der Waals surface area contributed by atoms with E-state index in [1.807, 2.05) is 18.2 Å². The lowest BCUT2D eigenvalue weighted by atomic mass is 9.82. The van der Waals surface area contributed by atoms with Gasteiger partial charge in [0.15, 0.2) is 17.0 Å². The van der Waals surface area contributed by atoms with Crippen LogP contribution in [0.25, 0.3) is 0 Å². The summed E-state index contributed by atoms with van der Waals surface area (Å²) in [7, 11) is 0. The molecule has 6 heteroatoms. The second-order valence-electron chi connectivity index (χ2n) is 5.09. The molecule has 0 spiro atoms. The fraction of sp³-hybridized carbons (Fsp3) is 0.125. The number of nitrogens with one attached hydrogen (secondary N) is 2. The molecule has 2 heterocycles. The predicted octanol–water partition coefficient (Wildman–Crippen LogP) is 1.50. The first-order valence-electron chi connectivity index (χ1n) is 6.79. The Morgan fingerprint density at radius 2 is 1.68 bits per heavy atom. The predicted molar refractivity (Wildman–Crippen MR) is 76.5 cm³/mol. The Kier molecular flexibility index (Phi) is 2.59. The number of carbonyl (C=O) groups is 2. The fourth-order valence-electron chi connectivity index (χ4n) is 2.85. The maximum absolute atomic E-state index is 12.5. The molecule has 110 valence electrons. The number of fused-ring (bicyclic) bond motifs is 1. The van der Waals surface area contributed by atoms with Crippen molar-refractivity contribution in [2.24, 2.45) is 0 Å². The summed E-state index contributed by atoms with van der Waals surface area (Å²) < 4.78 is 10.7. The molecule has 1 atom stereocenters. The number of amides is 3. The molecule has 4 rings (SSSR count). The van der Waals surface area contributed by atoms with Crippen molar-refractivity contribution in [3.63, 3.8) is 0 Å². The van der Waals surface area contributed by atoms with E-state index < -0.39 is 17.5 Å². The third-order valence-corrected chi connectivity index (χ3v) is 3.88. The second kappa shape index (κ2) is 4.49. The molecule has 1 fully saturated rings. The van der Waals surface area contributed by atoms with Crippen LogP contribution in [0, 0.1) is 0 Å². The van der Waals surface area contributed by atoms with Gasteiger partial charge in [-0.3, -0.25) is 10.1 Å². The van der Waals surface area contributed by atoms with Gasteiger partial charge < -0.3 is 14.8 Å². The average molecular weight is 296 g/mol. The Hall–Kier alpha value is -3.02. The van der Waals surface area contributed by atoms with E-state index in [-0.39, 0.29) is 6.79 Å². The molecule has 2 aromatic rings. The van der Waals surface area contributed by atoms with Crippen LogP contribution >= 0.6 is 0 Å². The van der Waals surface area contributed by atoms with Gasteiger partial charge >= 0.3 is 6.03 Å². The van der Waals surface area contributed by atoms with Crippen molar-refractivity contribution < 1.29 is 19.1 Å². The van der Waals surface area contributed by atoms with Gasteiger partial charge in [0.1, 0.15) is 0 Å². The van der Waals surface area contributed by atoms with Crippen molar-refractivity contribution in [3.05, 3.63) is 59.7 Å². The molecular formula is C16H12N2O4. The summed E-state index contributed by atoms with van der Waals surface area (Å²) in [5.41, 5.74) is 0.0304. The zero-order valence-electron chi connectivity index (χ0n) is 11.5. The number of urea groups is 1. The molecule has 0 aliphatic carbocycles. The lowest BCUT2D eigenvalue weighted by molar-refractivity contribution is -0.122. The first-order valence-corrected chi connectivity index (χ1v) is 6.79. The molecule has 2 aliphatic heterocycles. The first kappa shape index (κ1) is 12.7. The Bertz CT molecular complexity index is 775. The van der Waals surface area contributed by atoms with Crippen LogP contribution in [0.2, 0.25) is 0 Å². The lowest BCUT2D eigenvalue weighted by Crippen LogP contribution is -2.44. The Labute approximate surface area is 126 Å². The number of hydrogen-bond donors (Lipinski definition) is 2. The van der Waals surface area contributed by atoms with Crippen LogP contribution in [-0.4, -0.2) is 18.7 Å². The summed E-state index contributed by atoms with van der Waals surface area (Å²) in [6.07, 6.45) is 0. The van der Waals surface area contributed by atoms with Crippen LogP contribution in [0.5, 0.6) is 11.5 Å². The molecule has 1 unspecified atom stereocenters. The van der Waals surface area contributed by atoms with E-state index in [9.17, 15) is 9.59 Å². The quantitative estimate of drug-likeness (QED) is 0.823. The topological polar surface area (TPSA) is 76.7 Å². The van der Waals surface area contributed by atoms with Crippen molar-refractivity contribution in [2.75, 3.05) is 6.79 Å². The molecule has 0 radical (unpaired) electrons. The third kappa shape index (κ3) is 1.67. The monoisotopic (exact) mass is 296 g/mol. The molecule has 2 aliphatic rings. The molecular weight excluding hydrogens is 284 g/mol. The minimum atomic E-state index is -1.26. The number of rotatable bonds is 2. The highest BCUT2D eigenvalue weighted by molar-refractivity contribution is 6.09. The molecule has 2 N–H and O–H groups in total. The SMILES string of the molecule is O=C1NC(=O)C(c2ccccc2)(c2ccc3c(c2)OCO3)N1. The van der Waals surface area contributed by atoms with E-state index in [0.717, 1.165) is 0 Å². The molecule has 1 saturated heterocycles. The zero-order valence-corrected chi connectivity index (χ0v) is 11.5. The molecule has 0 bridgehead atoms. The summed E-state index contributed by atoms with van der Waals surface area (Å²) in [4.78, 5) is 24.3. The minimum Gasteiger partial charge on any atom is -0.454 e. The number of hydrogen-bond acceptors (Lipinski definition) is 4. The summed E-state index contributed by atoms with van der Waals surface area (Å²) in [5, 5.41) is 5.06. The summed E-state index contributed by atoms with van der Waals surface area (Å²) in [6, 6.07) is 13.8. The van der Waals surface area contributed by atoms with Gasteiger partial charge in [-0.25, -0.2) is 4.79 Å². The Morgan fingerprint density at radius 3 is 2.41 bits per heavy atom. The van der Waals surface area contributed by atoms with Crippen molar-refractivity contribution in [3.8, 4) is 11.5 Å². The number of benzene rings is 2. The number of carbonyl (C=O) groups excluding carboxylic acids is 2. The van der Waals surface area contributed by atoms with Gasteiger partial charge in [0, 0.05) is 0 Å².